The van der Waals surface area contributed by atoms with Crippen LogP contribution in [-0.2, 0) is 0 Å². The van der Waals surface area contributed by atoms with E-state index in [1.165, 1.54) is 0 Å². The standard InChI is InChI=1S/C9H11NO2S/c1-5-7(9(11)12)3-4-8(10-5)6(2)13/h3-4,6,13H,1-2H3,(H,11,12)/t6-/m1/s1. The molecule has 0 aliphatic rings. The molecule has 0 aromatic carbocycles. The molecule has 0 spiro atoms. The minimum Gasteiger partial charge on any atom is -0.478 e. The number of aryl methyl sites for hydroxylation is 1. The van der Waals surface area contributed by atoms with E-state index in [0.717, 1.165) is 5.69 Å². The highest BCUT2D eigenvalue weighted by molar-refractivity contribution is 7.80. The highest BCUT2D eigenvalue weighted by Gasteiger charge is 2.09. The second-order valence-electron chi connectivity index (χ2n) is 2.85. The van der Waals surface area contributed by atoms with Gasteiger partial charge >= 0.3 is 5.97 Å². The van der Waals surface area contributed by atoms with Gasteiger partial charge in [0.1, 0.15) is 0 Å². The lowest BCUT2D eigenvalue weighted by atomic mass is 10.1. The van der Waals surface area contributed by atoms with Gasteiger partial charge in [-0.15, -0.1) is 0 Å². The Morgan fingerprint density at radius 2 is 2.23 bits per heavy atom. The number of pyridine rings is 1. The number of hydrogen-bond donors (Lipinski definition) is 2. The maximum Gasteiger partial charge on any atom is 0.337 e. The number of aromatic nitrogens is 1. The van der Waals surface area contributed by atoms with Crippen LogP contribution < -0.4 is 0 Å². The number of thiol groups is 1. The highest BCUT2D eigenvalue weighted by atomic mass is 32.1. The molecule has 0 bridgehead atoms. The Kier molecular flexibility index (Phi) is 2.93. The average molecular weight is 197 g/mol. The fraction of sp³-hybridized carbons (Fsp3) is 0.333. The van der Waals surface area contributed by atoms with E-state index in [9.17, 15) is 4.79 Å². The maximum absolute atomic E-state index is 10.6. The van der Waals surface area contributed by atoms with Crippen molar-refractivity contribution in [3.63, 3.8) is 0 Å². The second kappa shape index (κ2) is 3.79. The van der Waals surface area contributed by atoms with Gasteiger partial charge in [0, 0.05) is 5.25 Å². The van der Waals surface area contributed by atoms with Crippen LogP contribution in [0.4, 0.5) is 0 Å². The van der Waals surface area contributed by atoms with Crippen molar-refractivity contribution in [2.24, 2.45) is 0 Å². The Labute approximate surface area is 82.2 Å². The van der Waals surface area contributed by atoms with Crippen LogP contribution in [0.3, 0.4) is 0 Å². The monoisotopic (exact) mass is 197 g/mol. The van der Waals surface area contributed by atoms with E-state index in [0.29, 0.717) is 5.69 Å². The first-order chi connectivity index (χ1) is 6.02. The Hall–Kier alpha value is -1.03. The van der Waals surface area contributed by atoms with Crippen molar-refractivity contribution in [3.05, 3.63) is 29.1 Å². The van der Waals surface area contributed by atoms with Crippen molar-refractivity contribution in [2.75, 3.05) is 0 Å². The molecule has 0 saturated carbocycles. The van der Waals surface area contributed by atoms with Crippen LogP contribution in [-0.4, -0.2) is 16.1 Å². The van der Waals surface area contributed by atoms with Crippen molar-refractivity contribution < 1.29 is 9.90 Å². The summed E-state index contributed by atoms with van der Waals surface area (Å²) < 4.78 is 0. The summed E-state index contributed by atoms with van der Waals surface area (Å²) in [5.74, 6) is -0.941. The van der Waals surface area contributed by atoms with Crippen LogP contribution in [0.1, 0.15) is 33.9 Å². The lowest BCUT2D eigenvalue weighted by Gasteiger charge is -2.06. The molecule has 1 aromatic heterocycles. The molecule has 0 aliphatic carbocycles. The topological polar surface area (TPSA) is 50.2 Å². The molecule has 1 N–H and O–H groups in total. The molecule has 1 heterocycles. The van der Waals surface area contributed by atoms with Gasteiger partial charge in [0.05, 0.1) is 17.0 Å². The number of hydrogen-bond acceptors (Lipinski definition) is 3. The lowest BCUT2D eigenvalue weighted by Crippen LogP contribution is -2.03. The molecule has 13 heavy (non-hydrogen) atoms. The minimum absolute atomic E-state index is 0.0292. The summed E-state index contributed by atoms with van der Waals surface area (Å²) in [6, 6.07) is 3.25. The number of nitrogens with zero attached hydrogens (tertiary/aromatic N) is 1. The number of rotatable bonds is 2. The SMILES string of the molecule is Cc1nc([C@@H](C)S)ccc1C(=O)O. The molecule has 0 unspecified atom stereocenters. The van der Waals surface area contributed by atoms with E-state index >= 15 is 0 Å². The molecular weight excluding hydrogens is 186 g/mol. The number of aromatic carboxylic acids is 1. The zero-order valence-electron chi connectivity index (χ0n) is 7.48. The summed E-state index contributed by atoms with van der Waals surface area (Å²) in [5, 5.41) is 8.77. The largest absolute Gasteiger partial charge is 0.478 e. The van der Waals surface area contributed by atoms with E-state index in [2.05, 4.69) is 17.6 Å². The molecule has 0 fully saturated rings. The van der Waals surface area contributed by atoms with Crippen molar-refractivity contribution >= 4 is 18.6 Å². The van der Waals surface area contributed by atoms with Gasteiger partial charge < -0.3 is 5.11 Å². The third-order valence-electron chi connectivity index (χ3n) is 1.77. The molecule has 0 aliphatic heterocycles. The first kappa shape index (κ1) is 10.1. The molecule has 4 heteroatoms. The van der Waals surface area contributed by atoms with E-state index in [1.807, 2.05) is 6.92 Å². The van der Waals surface area contributed by atoms with Gasteiger partial charge in [-0.1, -0.05) is 0 Å². The maximum atomic E-state index is 10.6. The van der Waals surface area contributed by atoms with Crippen LogP contribution in [0.5, 0.6) is 0 Å². The summed E-state index contributed by atoms with van der Waals surface area (Å²) in [4.78, 5) is 14.8. The molecular formula is C9H11NO2S. The molecule has 70 valence electrons. The third-order valence-corrected chi connectivity index (χ3v) is 2.03. The van der Waals surface area contributed by atoms with Crippen LogP contribution in [0.15, 0.2) is 12.1 Å². The van der Waals surface area contributed by atoms with Gasteiger partial charge in [0.2, 0.25) is 0 Å². The summed E-state index contributed by atoms with van der Waals surface area (Å²) in [5.41, 5.74) is 1.58. The molecule has 1 atom stereocenters. The first-order valence-electron chi connectivity index (χ1n) is 3.91. The molecule has 1 aromatic rings. The van der Waals surface area contributed by atoms with E-state index in [-0.39, 0.29) is 10.8 Å². The second-order valence-corrected chi connectivity index (χ2v) is 3.62. The van der Waals surface area contributed by atoms with E-state index in [1.54, 1.807) is 19.1 Å². The molecule has 0 saturated heterocycles. The van der Waals surface area contributed by atoms with Crippen molar-refractivity contribution in [1.29, 1.82) is 0 Å². The number of carboxylic acid groups (broad SMARTS) is 1. The van der Waals surface area contributed by atoms with E-state index < -0.39 is 5.97 Å². The first-order valence-corrected chi connectivity index (χ1v) is 4.43. The lowest BCUT2D eigenvalue weighted by molar-refractivity contribution is 0.0695. The molecule has 0 amide bonds. The quantitative estimate of drug-likeness (QED) is 0.714. The zero-order valence-corrected chi connectivity index (χ0v) is 8.38. The molecule has 1 rings (SSSR count). The Bertz CT molecular complexity index is 336. The van der Waals surface area contributed by atoms with Gasteiger partial charge in [-0.05, 0) is 26.0 Å². The van der Waals surface area contributed by atoms with Crippen molar-refractivity contribution in [2.45, 2.75) is 19.1 Å². The van der Waals surface area contributed by atoms with Gasteiger partial charge in [-0.3, -0.25) is 4.98 Å². The van der Waals surface area contributed by atoms with Crippen LogP contribution in [0.2, 0.25) is 0 Å². The number of carboxylic acids is 1. The summed E-state index contributed by atoms with van der Waals surface area (Å²) in [6.07, 6.45) is 0. The van der Waals surface area contributed by atoms with Crippen LogP contribution in [0, 0.1) is 6.92 Å². The fourth-order valence-electron chi connectivity index (χ4n) is 1.04. The minimum atomic E-state index is -0.941. The summed E-state index contributed by atoms with van der Waals surface area (Å²) >= 11 is 4.21. The van der Waals surface area contributed by atoms with Gasteiger partial charge in [-0.25, -0.2) is 4.79 Å². The van der Waals surface area contributed by atoms with Gasteiger partial charge in [0.15, 0.2) is 0 Å². The highest BCUT2D eigenvalue weighted by Crippen LogP contribution is 2.18. The third kappa shape index (κ3) is 2.21. The normalized spacial score (nSPS) is 12.5. The zero-order chi connectivity index (χ0) is 10.0. The Morgan fingerprint density at radius 3 is 2.62 bits per heavy atom. The molecule has 0 radical (unpaired) electrons. The number of carbonyl (C=O) groups is 1. The van der Waals surface area contributed by atoms with Gasteiger partial charge in [0.25, 0.3) is 0 Å². The van der Waals surface area contributed by atoms with Gasteiger partial charge in [-0.2, -0.15) is 12.6 Å². The summed E-state index contributed by atoms with van der Waals surface area (Å²) in [7, 11) is 0. The van der Waals surface area contributed by atoms with Crippen LogP contribution in [0.25, 0.3) is 0 Å². The predicted octanol–water partition coefficient (Wildman–Crippen LogP) is 2.08. The smallest absolute Gasteiger partial charge is 0.337 e. The Balaban J connectivity index is 3.13. The van der Waals surface area contributed by atoms with Crippen LogP contribution >= 0.6 is 12.6 Å². The van der Waals surface area contributed by atoms with Crippen molar-refractivity contribution in [1.82, 2.24) is 4.98 Å². The summed E-state index contributed by atoms with van der Waals surface area (Å²) in [6.45, 7) is 3.58. The fourth-order valence-corrected chi connectivity index (χ4v) is 1.18. The Morgan fingerprint density at radius 1 is 1.62 bits per heavy atom. The van der Waals surface area contributed by atoms with E-state index in [4.69, 9.17) is 5.11 Å². The molecule has 3 nitrogen and oxygen atoms in total. The predicted molar refractivity (Wildman–Crippen MR) is 53.3 cm³/mol. The average Bonchev–Trinajstić information content (AvgIpc) is 2.03. The van der Waals surface area contributed by atoms with Crippen molar-refractivity contribution in [3.8, 4) is 0 Å².